The van der Waals surface area contributed by atoms with Gasteiger partial charge in [0, 0.05) is 24.7 Å². The Morgan fingerprint density at radius 1 is 1.14 bits per heavy atom. The zero-order valence-corrected chi connectivity index (χ0v) is 12.5. The summed E-state index contributed by atoms with van der Waals surface area (Å²) < 4.78 is 0. The minimum atomic E-state index is -0.389. The van der Waals surface area contributed by atoms with E-state index in [2.05, 4.69) is 23.5 Å². The quantitative estimate of drug-likeness (QED) is 0.789. The standard InChI is InChI=1S/C18H21N3O/c19-10-13-3-7-16-15(9-13)6-8-17(16)21-11-12-1-4-14(5-2-12)18(20)22/h1-5,7,9,17,21H,6,8,10-11,19H2,(H2,20,22). The lowest BCUT2D eigenvalue weighted by atomic mass is 10.0. The molecule has 3 rings (SSSR count). The number of hydrogen-bond donors (Lipinski definition) is 3. The van der Waals surface area contributed by atoms with Crippen LogP contribution in [0.3, 0.4) is 0 Å². The van der Waals surface area contributed by atoms with Crippen LogP contribution in [-0.2, 0) is 19.5 Å². The second-order valence-corrected chi connectivity index (χ2v) is 5.77. The molecule has 1 aliphatic carbocycles. The van der Waals surface area contributed by atoms with Crippen molar-refractivity contribution < 1.29 is 4.79 Å². The van der Waals surface area contributed by atoms with Crippen LogP contribution in [0, 0.1) is 0 Å². The van der Waals surface area contributed by atoms with E-state index in [-0.39, 0.29) is 5.91 Å². The highest BCUT2D eigenvalue weighted by Gasteiger charge is 2.21. The largest absolute Gasteiger partial charge is 0.366 e. The maximum Gasteiger partial charge on any atom is 0.248 e. The van der Waals surface area contributed by atoms with Gasteiger partial charge in [-0.1, -0.05) is 30.3 Å². The molecule has 0 heterocycles. The van der Waals surface area contributed by atoms with Gasteiger partial charge < -0.3 is 16.8 Å². The van der Waals surface area contributed by atoms with Gasteiger partial charge in [-0.05, 0) is 47.2 Å². The number of hydrogen-bond acceptors (Lipinski definition) is 3. The maximum atomic E-state index is 11.1. The van der Waals surface area contributed by atoms with Gasteiger partial charge in [0.1, 0.15) is 0 Å². The Bertz CT molecular complexity index is 679. The normalized spacial score (nSPS) is 16.5. The van der Waals surface area contributed by atoms with Gasteiger partial charge in [-0.2, -0.15) is 0 Å². The molecule has 1 aliphatic rings. The van der Waals surface area contributed by atoms with Crippen LogP contribution in [0.25, 0.3) is 0 Å². The summed E-state index contributed by atoms with van der Waals surface area (Å²) in [6.45, 7) is 1.37. The summed E-state index contributed by atoms with van der Waals surface area (Å²) in [5.74, 6) is -0.389. The summed E-state index contributed by atoms with van der Waals surface area (Å²) in [5.41, 5.74) is 16.6. The smallest absolute Gasteiger partial charge is 0.248 e. The molecule has 4 nitrogen and oxygen atoms in total. The zero-order chi connectivity index (χ0) is 15.5. The number of carbonyl (C=O) groups excluding carboxylic acids is 1. The molecule has 0 saturated carbocycles. The number of primary amides is 1. The molecule has 5 N–H and O–H groups in total. The summed E-state index contributed by atoms with van der Waals surface area (Å²) >= 11 is 0. The number of nitrogens with one attached hydrogen (secondary N) is 1. The van der Waals surface area contributed by atoms with Crippen molar-refractivity contribution in [2.24, 2.45) is 11.5 Å². The summed E-state index contributed by atoms with van der Waals surface area (Å²) in [5, 5.41) is 3.59. The van der Waals surface area contributed by atoms with Crippen molar-refractivity contribution in [2.45, 2.75) is 32.0 Å². The molecule has 0 bridgehead atoms. The maximum absolute atomic E-state index is 11.1. The Morgan fingerprint density at radius 3 is 2.55 bits per heavy atom. The van der Waals surface area contributed by atoms with Crippen molar-refractivity contribution in [2.75, 3.05) is 0 Å². The molecular formula is C18H21N3O. The zero-order valence-electron chi connectivity index (χ0n) is 12.5. The van der Waals surface area contributed by atoms with E-state index in [9.17, 15) is 4.79 Å². The monoisotopic (exact) mass is 295 g/mol. The van der Waals surface area contributed by atoms with Crippen molar-refractivity contribution in [3.63, 3.8) is 0 Å². The van der Waals surface area contributed by atoms with E-state index in [1.807, 2.05) is 12.1 Å². The Kier molecular flexibility index (Phi) is 4.22. The minimum Gasteiger partial charge on any atom is -0.366 e. The summed E-state index contributed by atoms with van der Waals surface area (Å²) in [6, 6.07) is 14.3. The number of amides is 1. The fourth-order valence-electron chi connectivity index (χ4n) is 3.04. The van der Waals surface area contributed by atoms with Gasteiger partial charge >= 0.3 is 0 Å². The van der Waals surface area contributed by atoms with Crippen LogP contribution < -0.4 is 16.8 Å². The van der Waals surface area contributed by atoms with Crippen molar-refractivity contribution in [3.05, 3.63) is 70.3 Å². The first-order chi connectivity index (χ1) is 10.7. The van der Waals surface area contributed by atoms with E-state index in [0.29, 0.717) is 18.2 Å². The first-order valence-corrected chi connectivity index (χ1v) is 7.61. The van der Waals surface area contributed by atoms with Crippen molar-refractivity contribution in [3.8, 4) is 0 Å². The Hall–Kier alpha value is -2.17. The van der Waals surface area contributed by atoms with E-state index in [0.717, 1.165) is 24.9 Å². The summed E-state index contributed by atoms with van der Waals surface area (Å²) in [6.07, 6.45) is 2.21. The summed E-state index contributed by atoms with van der Waals surface area (Å²) in [7, 11) is 0. The van der Waals surface area contributed by atoms with Crippen LogP contribution in [0.15, 0.2) is 42.5 Å². The van der Waals surface area contributed by atoms with E-state index in [4.69, 9.17) is 11.5 Å². The lowest BCUT2D eigenvalue weighted by molar-refractivity contribution is 0.100. The Balaban J connectivity index is 1.65. The van der Waals surface area contributed by atoms with Crippen LogP contribution in [0.5, 0.6) is 0 Å². The SMILES string of the molecule is NCc1ccc2c(c1)CCC2NCc1ccc(C(N)=O)cc1. The van der Waals surface area contributed by atoms with Gasteiger partial charge in [-0.15, -0.1) is 0 Å². The predicted octanol–water partition coefficient (Wildman–Crippen LogP) is 2.02. The molecule has 2 aromatic carbocycles. The number of aryl methyl sites for hydroxylation is 1. The molecule has 0 aliphatic heterocycles. The molecule has 2 aromatic rings. The third kappa shape index (κ3) is 3.03. The highest BCUT2D eigenvalue weighted by atomic mass is 16.1. The van der Waals surface area contributed by atoms with Crippen LogP contribution in [-0.4, -0.2) is 5.91 Å². The topological polar surface area (TPSA) is 81.1 Å². The fraction of sp³-hybridized carbons (Fsp3) is 0.278. The average Bonchev–Trinajstić information content (AvgIpc) is 2.95. The third-order valence-electron chi connectivity index (χ3n) is 4.31. The second kappa shape index (κ2) is 6.30. The van der Waals surface area contributed by atoms with Gasteiger partial charge in [0.25, 0.3) is 0 Å². The first-order valence-electron chi connectivity index (χ1n) is 7.61. The second-order valence-electron chi connectivity index (χ2n) is 5.77. The van der Waals surface area contributed by atoms with E-state index < -0.39 is 0 Å². The van der Waals surface area contributed by atoms with E-state index >= 15 is 0 Å². The third-order valence-corrected chi connectivity index (χ3v) is 4.31. The highest BCUT2D eigenvalue weighted by molar-refractivity contribution is 5.92. The number of carbonyl (C=O) groups is 1. The molecule has 0 saturated heterocycles. The van der Waals surface area contributed by atoms with Gasteiger partial charge in [0.15, 0.2) is 0 Å². The molecule has 0 aromatic heterocycles. The molecule has 22 heavy (non-hydrogen) atoms. The van der Waals surface area contributed by atoms with Gasteiger partial charge in [-0.25, -0.2) is 0 Å². The van der Waals surface area contributed by atoms with Crippen molar-refractivity contribution >= 4 is 5.91 Å². The molecule has 4 heteroatoms. The van der Waals surface area contributed by atoms with Crippen LogP contribution >= 0.6 is 0 Å². The van der Waals surface area contributed by atoms with Gasteiger partial charge in [0.2, 0.25) is 5.91 Å². The molecule has 0 fully saturated rings. The molecule has 1 amide bonds. The van der Waals surface area contributed by atoms with Crippen molar-refractivity contribution in [1.29, 1.82) is 0 Å². The Labute approximate surface area is 130 Å². The van der Waals surface area contributed by atoms with Crippen LogP contribution in [0.1, 0.15) is 45.1 Å². The fourth-order valence-corrected chi connectivity index (χ4v) is 3.04. The first kappa shape index (κ1) is 14.8. The average molecular weight is 295 g/mol. The van der Waals surface area contributed by atoms with Crippen molar-refractivity contribution in [1.82, 2.24) is 5.32 Å². The predicted molar refractivity (Wildman–Crippen MR) is 87.2 cm³/mol. The molecule has 1 atom stereocenters. The van der Waals surface area contributed by atoms with Gasteiger partial charge in [0.05, 0.1) is 0 Å². The summed E-state index contributed by atoms with van der Waals surface area (Å²) in [4.78, 5) is 11.1. The van der Waals surface area contributed by atoms with E-state index in [1.54, 1.807) is 12.1 Å². The van der Waals surface area contributed by atoms with Crippen LogP contribution in [0.2, 0.25) is 0 Å². The Morgan fingerprint density at radius 2 is 1.86 bits per heavy atom. The van der Waals surface area contributed by atoms with E-state index in [1.165, 1.54) is 16.7 Å². The number of benzene rings is 2. The lowest BCUT2D eigenvalue weighted by Gasteiger charge is -2.14. The number of rotatable bonds is 5. The minimum absolute atomic E-state index is 0.387. The molecular weight excluding hydrogens is 274 g/mol. The molecule has 114 valence electrons. The highest BCUT2D eigenvalue weighted by Crippen LogP contribution is 2.31. The number of fused-ring (bicyclic) bond motifs is 1. The van der Waals surface area contributed by atoms with Gasteiger partial charge in [-0.3, -0.25) is 4.79 Å². The molecule has 0 radical (unpaired) electrons. The van der Waals surface area contributed by atoms with Crippen LogP contribution in [0.4, 0.5) is 0 Å². The number of nitrogens with two attached hydrogens (primary N) is 2. The lowest BCUT2D eigenvalue weighted by Crippen LogP contribution is -2.19. The molecule has 0 spiro atoms. The molecule has 1 unspecified atom stereocenters.